The summed E-state index contributed by atoms with van der Waals surface area (Å²) in [6, 6.07) is 0. The molecule has 0 radical (unpaired) electrons. The Morgan fingerprint density at radius 3 is 2.33 bits per heavy atom. The van der Waals surface area contributed by atoms with Crippen LogP contribution in [0.1, 0.15) is 51.9 Å². The minimum atomic E-state index is -0.745. The first kappa shape index (κ1) is 11.4. The molecular formula is C9H17FO2. The van der Waals surface area contributed by atoms with Crippen LogP contribution in [0.25, 0.3) is 0 Å². The Balaban J connectivity index is 2.95. The predicted octanol–water partition coefficient (Wildman–Crippen LogP) is 3.16. The van der Waals surface area contributed by atoms with Gasteiger partial charge in [-0.05, 0) is 6.42 Å². The molecule has 0 aromatic carbocycles. The van der Waals surface area contributed by atoms with Crippen LogP contribution in [-0.4, -0.2) is 5.97 Å². The number of carbonyl (C=O) groups excluding carboxylic acids is 1. The number of halogens is 1. The molecule has 0 unspecified atom stereocenters. The number of hydrogen-bond donors (Lipinski definition) is 0. The van der Waals surface area contributed by atoms with Gasteiger partial charge in [0.25, 0.3) is 0 Å². The van der Waals surface area contributed by atoms with Gasteiger partial charge in [-0.3, -0.25) is 4.94 Å². The molecule has 0 amide bonds. The van der Waals surface area contributed by atoms with Gasteiger partial charge in [0.15, 0.2) is 0 Å². The quantitative estimate of drug-likeness (QED) is 0.557. The largest absolute Gasteiger partial charge is 0.348 e. The van der Waals surface area contributed by atoms with Crippen molar-refractivity contribution in [1.82, 2.24) is 0 Å². The topological polar surface area (TPSA) is 26.3 Å². The fourth-order valence-corrected chi connectivity index (χ4v) is 1.09. The highest BCUT2D eigenvalue weighted by molar-refractivity contribution is 5.68. The lowest BCUT2D eigenvalue weighted by Gasteiger charge is -1.97. The zero-order valence-electron chi connectivity index (χ0n) is 7.64. The van der Waals surface area contributed by atoms with Gasteiger partial charge in [0.2, 0.25) is 0 Å². The lowest BCUT2D eigenvalue weighted by atomic mass is 10.1. The van der Waals surface area contributed by atoms with Crippen molar-refractivity contribution in [2.24, 2.45) is 0 Å². The first-order valence-electron chi connectivity index (χ1n) is 4.62. The summed E-state index contributed by atoms with van der Waals surface area (Å²) in [5.74, 6) is -0.745. The van der Waals surface area contributed by atoms with Gasteiger partial charge in [0.05, 0.1) is 0 Å². The molecular weight excluding hydrogens is 159 g/mol. The van der Waals surface area contributed by atoms with Crippen LogP contribution >= 0.6 is 0 Å². The summed E-state index contributed by atoms with van der Waals surface area (Å²) in [7, 11) is 0. The lowest BCUT2D eigenvalue weighted by molar-refractivity contribution is -0.183. The molecule has 0 bridgehead atoms. The van der Waals surface area contributed by atoms with E-state index in [1.807, 2.05) is 0 Å². The Hall–Kier alpha value is -0.600. The normalized spacial score (nSPS) is 9.83. The highest BCUT2D eigenvalue weighted by Gasteiger charge is 2.01. The van der Waals surface area contributed by atoms with Gasteiger partial charge < -0.3 is 0 Å². The van der Waals surface area contributed by atoms with Crippen molar-refractivity contribution >= 4 is 5.97 Å². The second-order valence-corrected chi connectivity index (χ2v) is 2.97. The van der Waals surface area contributed by atoms with E-state index in [-0.39, 0.29) is 6.42 Å². The molecule has 0 spiro atoms. The van der Waals surface area contributed by atoms with Crippen LogP contribution in [0.5, 0.6) is 0 Å². The molecule has 0 rings (SSSR count). The van der Waals surface area contributed by atoms with Crippen molar-refractivity contribution in [2.75, 3.05) is 0 Å². The van der Waals surface area contributed by atoms with Crippen LogP contribution in [0.4, 0.5) is 4.53 Å². The summed E-state index contributed by atoms with van der Waals surface area (Å²) in [6.07, 6.45) is 6.75. The Labute approximate surface area is 73.0 Å². The molecule has 0 heterocycles. The minimum absolute atomic E-state index is 0.211. The summed E-state index contributed by atoms with van der Waals surface area (Å²) in [5.41, 5.74) is 0. The van der Waals surface area contributed by atoms with Crippen molar-refractivity contribution < 1.29 is 14.3 Å². The molecule has 0 aromatic heterocycles. The molecule has 0 aliphatic carbocycles. The van der Waals surface area contributed by atoms with E-state index in [0.717, 1.165) is 19.3 Å². The smallest absolute Gasteiger partial charge is 0.255 e. The van der Waals surface area contributed by atoms with E-state index in [4.69, 9.17) is 0 Å². The summed E-state index contributed by atoms with van der Waals surface area (Å²) >= 11 is 0. The second kappa shape index (κ2) is 8.50. The third-order valence-electron chi connectivity index (χ3n) is 1.82. The highest BCUT2D eigenvalue weighted by atomic mass is 19.3. The van der Waals surface area contributed by atoms with Crippen LogP contribution in [0.3, 0.4) is 0 Å². The number of hydrogen-bond acceptors (Lipinski definition) is 2. The van der Waals surface area contributed by atoms with Crippen molar-refractivity contribution in [3.05, 3.63) is 0 Å². The standard InChI is InChI=1S/C9H17FO2/c1-2-3-4-5-6-7-8-9(11)12-10/h2-8H2,1H3. The average Bonchev–Trinajstić information content (AvgIpc) is 2.10. The zero-order chi connectivity index (χ0) is 9.23. The van der Waals surface area contributed by atoms with Crippen LogP contribution in [-0.2, 0) is 9.74 Å². The van der Waals surface area contributed by atoms with E-state index < -0.39 is 5.97 Å². The molecule has 3 heteroatoms. The molecule has 0 N–H and O–H groups in total. The first-order chi connectivity index (χ1) is 5.81. The van der Waals surface area contributed by atoms with Gasteiger partial charge >= 0.3 is 5.97 Å². The Morgan fingerprint density at radius 2 is 1.75 bits per heavy atom. The monoisotopic (exact) mass is 176 g/mol. The predicted molar refractivity (Wildman–Crippen MR) is 45.2 cm³/mol. The van der Waals surface area contributed by atoms with Crippen molar-refractivity contribution in [1.29, 1.82) is 0 Å². The van der Waals surface area contributed by atoms with Crippen LogP contribution < -0.4 is 0 Å². The maximum atomic E-state index is 11.2. The van der Waals surface area contributed by atoms with Gasteiger partial charge in [-0.1, -0.05) is 39.0 Å². The van der Waals surface area contributed by atoms with E-state index in [2.05, 4.69) is 11.9 Å². The molecule has 2 nitrogen and oxygen atoms in total. The molecule has 12 heavy (non-hydrogen) atoms. The maximum Gasteiger partial charge on any atom is 0.348 e. The molecule has 0 saturated carbocycles. The highest BCUT2D eigenvalue weighted by Crippen LogP contribution is 2.07. The third kappa shape index (κ3) is 7.51. The molecule has 0 saturated heterocycles. The van der Waals surface area contributed by atoms with E-state index in [1.165, 1.54) is 19.3 Å². The first-order valence-corrected chi connectivity index (χ1v) is 4.62. The molecule has 0 aliphatic rings. The Kier molecular flexibility index (Phi) is 8.07. The van der Waals surface area contributed by atoms with Crippen molar-refractivity contribution in [3.8, 4) is 0 Å². The van der Waals surface area contributed by atoms with Crippen molar-refractivity contribution in [2.45, 2.75) is 51.9 Å². The van der Waals surface area contributed by atoms with Gasteiger partial charge in [0, 0.05) is 10.9 Å². The average molecular weight is 176 g/mol. The molecule has 72 valence electrons. The van der Waals surface area contributed by atoms with E-state index in [9.17, 15) is 9.32 Å². The molecule has 0 fully saturated rings. The Morgan fingerprint density at radius 1 is 1.17 bits per heavy atom. The van der Waals surface area contributed by atoms with Gasteiger partial charge in [-0.25, -0.2) is 4.79 Å². The van der Waals surface area contributed by atoms with E-state index in [1.54, 1.807) is 0 Å². The molecule has 0 aromatic rings. The van der Waals surface area contributed by atoms with Crippen molar-refractivity contribution in [3.63, 3.8) is 0 Å². The molecule has 0 aliphatic heterocycles. The van der Waals surface area contributed by atoms with Crippen LogP contribution in [0, 0.1) is 0 Å². The summed E-state index contributed by atoms with van der Waals surface area (Å²) in [5, 5.41) is 0. The van der Waals surface area contributed by atoms with Gasteiger partial charge in [0.1, 0.15) is 0 Å². The summed E-state index contributed by atoms with van der Waals surface area (Å²) in [6.45, 7) is 2.15. The van der Waals surface area contributed by atoms with Gasteiger partial charge in [-0.2, -0.15) is 0 Å². The fourth-order valence-electron chi connectivity index (χ4n) is 1.09. The number of carbonyl (C=O) groups is 1. The summed E-state index contributed by atoms with van der Waals surface area (Å²) < 4.78 is 11.2. The summed E-state index contributed by atoms with van der Waals surface area (Å²) in [4.78, 5) is 13.3. The fraction of sp³-hybridized carbons (Fsp3) is 0.889. The number of rotatable bonds is 7. The zero-order valence-corrected chi connectivity index (χ0v) is 7.64. The Bertz CT molecular complexity index is 115. The number of unbranched alkanes of at least 4 members (excludes halogenated alkanes) is 5. The second-order valence-electron chi connectivity index (χ2n) is 2.97. The third-order valence-corrected chi connectivity index (χ3v) is 1.82. The maximum absolute atomic E-state index is 11.2. The molecule has 0 atom stereocenters. The van der Waals surface area contributed by atoms with Crippen LogP contribution in [0.2, 0.25) is 0 Å². The van der Waals surface area contributed by atoms with E-state index in [0.29, 0.717) is 0 Å². The van der Waals surface area contributed by atoms with Crippen LogP contribution in [0.15, 0.2) is 0 Å². The lowest BCUT2D eigenvalue weighted by Crippen LogP contribution is -1.96. The SMILES string of the molecule is CCCCCCCCC(=O)OF. The van der Waals surface area contributed by atoms with E-state index >= 15 is 0 Å². The minimum Gasteiger partial charge on any atom is -0.255 e. The van der Waals surface area contributed by atoms with Gasteiger partial charge in [-0.15, -0.1) is 0 Å².